The molecule has 2 atom stereocenters. The van der Waals surface area contributed by atoms with Crippen molar-refractivity contribution in [3.05, 3.63) is 24.3 Å². The minimum Gasteiger partial charge on any atom is -0.486 e. The Morgan fingerprint density at radius 3 is 2.88 bits per heavy atom. The molecule has 1 amide bonds. The number of carbonyl (C=O) groups is 1. The Labute approximate surface area is 148 Å². The van der Waals surface area contributed by atoms with Crippen molar-refractivity contribution in [1.29, 1.82) is 0 Å². The molecule has 138 valence electrons. The van der Waals surface area contributed by atoms with E-state index in [9.17, 15) is 4.79 Å². The average molecular weight is 349 g/mol. The summed E-state index contributed by atoms with van der Waals surface area (Å²) in [5.74, 6) is 1.49. The summed E-state index contributed by atoms with van der Waals surface area (Å²) >= 11 is 0. The molecule has 1 aromatic rings. The highest BCUT2D eigenvalue weighted by Gasteiger charge is 2.24. The zero-order chi connectivity index (χ0) is 17.6. The summed E-state index contributed by atoms with van der Waals surface area (Å²) < 4.78 is 17.3. The quantitative estimate of drug-likeness (QED) is 0.792. The summed E-state index contributed by atoms with van der Waals surface area (Å²) in [6, 6.07) is 7.58. The second-order valence-corrected chi connectivity index (χ2v) is 6.79. The molecule has 25 heavy (non-hydrogen) atoms. The molecule has 3 rings (SSSR count). The van der Waals surface area contributed by atoms with Gasteiger partial charge < -0.3 is 24.4 Å². The van der Waals surface area contributed by atoms with E-state index in [1.807, 2.05) is 38.4 Å². The molecule has 7 nitrogen and oxygen atoms in total. The van der Waals surface area contributed by atoms with Crippen LogP contribution in [-0.4, -0.2) is 87.9 Å². The molecule has 7 heteroatoms. The normalized spacial score (nSPS) is 23.5. The third-order valence-electron chi connectivity index (χ3n) is 4.25. The van der Waals surface area contributed by atoms with Gasteiger partial charge in [0.1, 0.15) is 12.7 Å². The standard InChI is InChI=1S/C18H27N3O4/c1-20(2)10-15-11-21(7-8-23-15)12-18(22)19-9-14-13-24-16-5-3-4-6-17(16)25-14/h3-6,14-15H,7-13H2,1-2H3,(H,19,22). The number of morpholine rings is 1. The fraction of sp³-hybridized carbons (Fsp3) is 0.611. The number of para-hydroxylation sites is 2. The smallest absolute Gasteiger partial charge is 0.234 e. The van der Waals surface area contributed by atoms with Crippen molar-refractivity contribution in [3.8, 4) is 11.5 Å². The van der Waals surface area contributed by atoms with Crippen molar-refractivity contribution in [2.75, 3.05) is 60.0 Å². The summed E-state index contributed by atoms with van der Waals surface area (Å²) in [5, 5.41) is 2.95. The van der Waals surface area contributed by atoms with Crippen molar-refractivity contribution in [3.63, 3.8) is 0 Å². The minimum atomic E-state index is -0.162. The largest absolute Gasteiger partial charge is 0.486 e. The number of fused-ring (bicyclic) bond motifs is 1. The van der Waals surface area contributed by atoms with Crippen LogP contribution in [0.3, 0.4) is 0 Å². The first-order chi connectivity index (χ1) is 12.1. The predicted octanol–water partition coefficient (Wildman–Crippen LogP) is 0.205. The van der Waals surface area contributed by atoms with E-state index in [0.29, 0.717) is 26.3 Å². The fourth-order valence-electron chi connectivity index (χ4n) is 3.09. The van der Waals surface area contributed by atoms with Crippen LogP contribution in [0.1, 0.15) is 0 Å². The third-order valence-corrected chi connectivity index (χ3v) is 4.25. The third kappa shape index (κ3) is 5.32. The summed E-state index contributed by atoms with van der Waals surface area (Å²) in [7, 11) is 4.05. The number of rotatable bonds is 6. The van der Waals surface area contributed by atoms with Gasteiger partial charge in [-0.15, -0.1) is 0 Å². The van der Waals surface area contributed by atoms with E-state index in [4.69, 9.17) is 14.2 Å². The van der Waals surface area contributed by atoms with Gasteiger partial charge in [-0.05, 0) is 26.2 Å². The molecule has 0 aromatic heterocycles. The van der Waals surface area contributed by atoms with Crippen LogP contribution >= 0.6 is 0 Å². The molecular weight excluding hydrogens is 322 g/mol. The highest BCUT2D eigenvalue weighted by molar-refractivity contribution is 5.78. The van der Waals surface area contributed by atoms with Crippen molar-refractivity contribution in [2.45, 2.75) is 12.2 Å². The predicted molar refractivity (Wildman–Crippen MR) is 94.1 cm³/mol. The Bertz CT molecular complexity index is 581. The lowest BCUT2D eigenvalue weighted by molar-refractivity contribution is -0.125. The first-order valence-electron chi connectivity index (χ1n) is 8.74. The number of hydrogen-bond donors (Lipinski definition) is 1. The van der Waals surface area contributed by atoms with Crippen LogP contribution in [0, 0.1) is 0 Å². The number of benzene rings is 1. The van der Waals surface area contributed by atoms with Crippen LogP contribution in [0.25, 0.3) is 0 Å². The van der Waals surface area contributed by atoms with Gasteiger partial charge in [0.25, 0.3) is 0 Å². The van der Waals surface area contributed by atoms with Crippen LogP contribution < -0.4 is 14.8 Å². The van der Waals surface area contributed by atoms with Gasteiger partial charge in [-0.2, -0.15) is 0 Å². The average Bonchev–Trinajstić information content (AvgIpc) is 2.59. The second kappa shape index (κ2) is 8.51. The van der Waals surface area contributed by atoms with Crippen LogP contribution in [-0.2, 0) is 9.53 Å². The minimum absolute atomic E-state index is 0.00737. The Hall–Kier alpha value is -1.83. The fourth-order valence-corrected chi connectivity index (χ4v) is 3.09. The lowest BCUT2D eigenvalue weighted by Crippen LogP contribution is -2.50. The number of nitrogens with zero attached hydrogens (tertiary/aromatic N) is 2. The summed E-state index contributed by atoms with van der Waals surface area (Å²) in [4.78, 5) is 16.5. The van der Waals surface area contributed by atoms with E-state index < -0.39 is 0 Å². The van der Waals surface area contributed by atoms with E-state index in [1.54, 1.807) is 0 Å². The second-order valence-electron chi connectivity index (χ2n) is 6.79. The first kappa shape index (κ1) is 18.0. The lowest BCUT2D eigenvalue weighted by Gasteiger charge is -2.33. The van der Waals surface area contributed by atoms with Crippen molar-refractivity contribution in [1.82, 2.24) is 15.1 Å². The van der Waals surface area contributed by atoms with Gasteiger partial charge in [-0.3, -0.25) is 9.69 Å². The monoisotopic (exact) mass is 349 g/mol. The molecule has 2 aliphatic heterocycles. The van der Waals surface area contributed by atoms with Gasteiger partial charge in [0.2, 0.25) is 5.91 Å². The van der Waals surface area contributed by atoms with Gasteiger partial charge in [-0.1, -0.05) is 12.1 Å². The number of nitrogens with one attached hydrogen (secondary N) is 1. The summed E-state index contributed by atoms with van der Waals surface area (Å²) in [5.41, 5.74) is 0. The number of amides is 1. The van der Waals surface area contributed by atoms with Crippen LogP contribution in [0.4, 0.5) is 0 Å². The van der Waals surface area contributed by atoms with Gasteiger partial charge in [0, 0.05) is 19.6 Å². The first-order valence-corrected chi connectivity index (χ1v) is 8.74. The van der Waals surface area contributed by atoms with Crippen molar-refractivity contribution >= 4 is 5.91 Å². The zero-order valence-electron chi connectivity index (χ0n) is 14.9. The number of carbonyl (C=O) groups excluding carboxylic acids is 1. The van der Waals surface area contributed by atoms with Crippen molar-refractivity contribution in [2.24, 2.45) is 0 Å². The zero-order valence-corrected chi connectivity index (χ0v) is 14.9. The van der Waals surface area contributed by atoms with Crippen LogP contribution in [0.15, 0.2) is 24.3 Å². The molecule has 0 radical (unpaired) electrons. The highest BCUT2D eigenvalue weighted by Crippen LogP contribution is 2.30. The van der Waals surface area contributed by atoms with Gasteiger partial charge in [0.15, 0.2) is 11.5 Å². The van der Waals surface area contributed by atoms with E-state index in [1.165, 1.54) is 0 Å². The number of likely N-dealkylation sites (N-methyl/N-ethyl adjacent to an activating group) is 1. The van der Waals surface area contributed by atoms with E-state index in [0.717, 1.165) is 31.1 Å². The maximum absolute atomic E-state index is 12.2. The SMILES string of the molecule is CN(C)CC1CN(CC(=O)NCC2COc3ccccc3O2)CCO1. The molecule has 0 bridgehead atoms. The Balaban J connectivity index is 1.40. The molecule has 2 aliphatic rings. The van der Waals surface area contributed by atoms with Gasteiger partial charge in [0.05, 0.1) is 25.8 Å². The number of ether oxygens (including phenoxy) is 3. The molecule has 1 saturated heterocycles. The number of hydrogen-bond acceptors (Lipinski definition) is 6. The summed E-state index contributed by atoms with van der Waals surface area (Å²) in [6.45, 7) is 4.37. The Morgan fingerprint density at radius 1 is 1.28 bits per heavy atom. The topological polar surface area (TPSA) is 63.3 Å². The maximum atomic E-state index is 12.2. The molecule has 0 aliphatic carbocycles. The van der Waals surface area contributed by atoms with Crippen LogP contribution in [0.2, 0.25) is 0 Å². The van der Waals surface area contributed by atoms with E-state index >= 15 is 0 Å². The van der Waals surface area contributed by atoms with Gasteiger partial charge >= 0.3 is 0 Å². The Morgan fingerprint density at radius 2 is 2.08 bits per heavy atom. The molecule has 1 aromatic carbocycles. The van der Waals surface area contributed by atoms with E-state index in [2.05, 4.69) is 15.1 Å². The van der Waals surface area contributed by atoms with Crippen molar-refractivity contribution < 1.29 is 19.0 Å². The molecule has 1 N–H and O–H groups in total. The highest BCUT2D eigenvalue weighted by atomic mass is 16.6. The van der Waals surface area contributed by atoms with Crippen LogP contribution in [0.5, 0.6) is 11.5 Å². The molecular formula is C18H27N3O4. The maximum Gasteiger partial charge on any atom is 0.234 e. The molecule has 1 fully saturated rings. The molecule has 2 heterocycles. The molecule has 2 unspecified atom stereocenters. The van der Waals surface area contributed by atoms with Gasteiger partial charge in [-0.25, -0.2) is 0 Å². The Kier molecular flexibility index (Phi) is 6.12. The molecule has 0 saturated carbocycles. The lowest BCUT2D eigenvalue weighted by atomic mass is 10.2. The summed E-state index contributed by atoms with van der Waals surface area (Å²) in [6.07, 6.45) is -0.00634. The van der Waals surface area contributed by atoms with E-state index in [-0.39, 0.29) is 18.1 Å². The molecule has 0 spiro atoms.